The summed E-state index contributed by atoms with van der Waals surface area (Å²) in [5.41, 5.74) is 0.613. The molecule has 9 heteroatoms. The fraction of sp³-hybridized carbons (Fsp3) is 0.429. The van der Waals surface area contributed by atoms with E-state index in [1.54, 1.807) is 6.07 Å². The van der Waals surface area contributed by atoms with Crippen molar-refractivity contribution in [1.82, 2.24) is 14.3 Å². The van der Waals surface area contributed by atoms with E-state index in [4.69, 9.17) is 4.74 Å². The van der Waals surface area contributed by atoms with Crippen molar-refractivity contribution in [3.63, 3.8) is 0 Å². The highest BCUT2D eigenvalue weighted by Crippen LogP contribution is 2.34. The van der Waals surface area contributed by atoms with Crippen molar-refractivity contribution < 1.29 is 18.6 Å². The van der Waals surface area contributed by atoms with Gasteiger partial charge in [0.1, 0.15) is 12.1 Å². The van der Waals surface area contributed by atoms with E-state index < -0.39 is 11.3 Å². The number of rotatable bonds is 3. The fourth-order valence-electron chi connectivity index (χ4n) is 2.73. The average Bonchev–Trinajstić information content (AvgIpc) is 2.79. The van der Waals surface area contributed by atoms with Crippen LogP contribution in [0, 0.1) is 0 Å². The fourth-order valence-corrected chi connectivity index (χ4v) is 3.24. The molecule has 1 aromatic heterocycles. The Bertz CT molecular complexity index is 742. The van der Waals surface area contributed by atoms with E-state index in [2.05, 4.69) is 9.97 Å². The molecule has 0 bridgehead atoms. The SMILES string of the molecule is COc1cc2c(N3CCCN(S(=O)[O-])CC3)ncnc2cc1O. The van der Waals surface area contributed by atoms with Crippen LogP contribution in [0.3, 0.4) is 0 Å². The zero-order valence-corrected chi connectivity index (χ0v) is 13.5. The lowest BCUT2D eigenvalue weighted by Crippen LogP contribution is -2.32. The second-order valence-electron chi connectivity index (χ2n) is 5.23. The van der Waals surface area contributed by atoms with Crippen molar-refractivity contribution in [1.29, 1.82) is 0 Å². The number of nitrogens with zero attached hydrogens (tertiary/aromatic N) is 4. The molecule has 2 heterocycles. The molecule has 0 amide bonds. The molecular formula is C14H17N4O4S-. The zero-order chi connectivity index (χ0) is 16.4. The summed E-state index contributed by atoms with van der Waals surface area (Å²) in [6.45, 7) is 2.16. The second kappa shape index (κ2) is 6.65. The van der Waals surface area contributed by atoms with Crippen molar-refractivity contribution in [2.45, 2.75) is 6.42 Å². The highest BCUT2D eigenvalue weighted by atomic mass is 32.2. The molecule has 1 atom stereocenters. The van der Waals surface area contributed by atoms with Crippen molar-refractivity contribution >= 4 is 28.0 Å². The van der Waals surface area contributed by atoms with Crippen LogP contribution >= 0.6 is 0 Å². The molecule has 0 radical (unpaired) electrons. The first kappa shape index (κ1) is 15.9. The number of methoxy groups -OCH3 is 1. The molecule has 0 spiro atoms. The molecule has 1 N–H and O–H groups in total. The predicted molar refractivity (Wildman–Crippen MR) is 85.1 cm³/mol. The summed E-state index contributed by atoms with van der Waals surface area (Å²) in [5, 5.41) is 10.6. The molecular weight excluding hydrogens is 320 g/mol. The number of hydrogen-bond acceptors (Lipinski definition) is 7. The van der Waals surface area contributed by atoms with Crippen LogP contribution < -0.4 is 9.64 Å². The number of anilines is 1. The molecule has 8 nitrogen and oxygen atoms in total. The molecule has 23 heavy (non-hydrogen) atoms. The van der Waals surface area contributed by atoms with E-state index in [1.165, 1.54) is 23.8 Å². The van der Waals surface area contributed by atoms with Gasteiger partial charge in [-0.25, -0.2) is 14.3 Å². The van der Waals surface area contributed by atoms with Gasteiger partial charge >= 0.3 is 0 Å². The van der Waals surface area contributed by atoms with Crippen molar-refractivity contribution in [2.24, 2.45) is 0 Å². The first-order chi connectivity index (χ1) is 11.1. The number of aromatic nitrogens is 2. The van der Waals surface area contributed by atoms with Crippen LogP contribution in [0.4, 0.5) is 5.82 Å². The van der Waals surface area contributed by atoms with Gasteiger partial charge in [-0.2, -0.15) is 0 Å². The van der Waals surface area contributed by atoms with Crippen LogP contribution in [-0.2, 0) is 11.3 Å². The van der Waals surface area contributed by atoms with Gasteiger partial charge < -0.3 is 19.3 Å². The van der Waals surface area contributed by atoms with Gasteiger partial charge in [-0.3, -0.25) is 4.21 Å². The summed E-state index contributed by atoms with van der Waals surface area (Å²) in [6, 6.07) is 3.24. The minimum Gasteiger partial charge on any atom is -0.760 e. The normalized spacial score (nSPS) is 17.9. The molecule has 1 aliphatic rings. The van der Waals surface area contributed by atoms with Crippen LogP contribution in [0.1, 0.15) is 6.42 Å². The molecule has 0 saturated carbocycles. The summed E-state index contributed by atoms with van der Waals surface area (Å²) >= 11 is -2.20. The molecule has 1 aromatic carbocycles. The minimum absolute atomic E-state index is 0.0217. The number of aromatic hydroxyl groups is 1. The molecule has 1 saturated heterocycles. The smallest absolute Gasteiger partial charge is 0.161 e. The van der Waals surface area contributed by atoms with E-state index in [9.17, 15) is 13.9 Å². The highest BCUT2D eigenvalue weighted by Gasteiger charge is 2.19. The van der Waals surface area contributed by atoms with Gasteiger partial charge in [0.25, 0.3) is 0 Å². The zero-order valence-electron chi connectivity index (χ0n) is 12.6. The number of benzene rings is 1. The maximum atomic E-state index is 11.1. The lowest BCUT2D eigenvalue weighted by atomic mass is 10.2. The third-order valence-electron chi connectivity index (χ3n) is 3.88. The highest BCUT2D eigenvalue weighted by molar-refractivity contribution is 7.76. The molecule has 0 aliphatic carbocycles. The van der Waals surface area contributed by atoms with Gasteiger partial charge in [-0.05, 0) is 12.5 Å². The lowest BCUT2D eigenvalue weighted by Gasteiger charge is -2.24. The molecule has 1 fully saturated rings. The van der Waals surface area contributed by atoms with Gasteiger partial charge in [0.2, 0.25) is 0 Å². The Morgan fingerprint density at radius 1 is 1.26 bits per heavy atom. The molecule has 124 valence electrons. The average molecular weight is 337 g/mol. The van der Waals surface area contributed by atoms with E-state index in [1.807, 2.05) is 4.90 Å². The van der Waals surface area contributed by atoms with Crippen LogP contribution in [-0.4, -0.2) is 61.4 Å². The summed E-state index contributed by atoms with van der Waals surface area (Å²) < 4.78 is 28.8. The monoisotopic (exact) mass is 337 g/mol. The van der Waals surface area contributed by atoms with Gasteiger partial charge in [0.05, 0.1) is 12.6 Å². The first-order valence-electron chi connectivity index (χ1n) is 7.21. The maximum Gasteiger partial charge on any atom is 0.161 e. The topological polar surface area (TPSA) is 102 Å². The Kier molecular flexibility index (Phi) is 4.60. The molecule has 1 aliphatic heterocycles. The van der Waals surface area contributed by atoms with Crippen molar-refractivity contribution in [3.8, 4) is 11.5 Å². The summed E-state index contributed by atoms with van der Waals surface area (Å²) in [6.07, 6.45) is 2.16. The number of phenols is 1. The summed E-state index contributed by atoms with van der Waals surface area (Å²) in [7, 11) is 1.48. The van der Waals surface area contributed by atoms with Gasteiger partial charge in [0.15, 0.2) is 11.5 Å². The van der Waals surface area contributed by atoms with Crippen molar-refractivity contribution in [2.75, 3.05) is 38.2 Å². The van der Waals surface area contributed by atoms with Crippen LogP contribution in [0.25, 0.3) is 10.9 Å². The van der Waals surface area contributed by atoms with Gasteiger partial charge in [-0.1, -0.05) is 0 Å². The molecule has 2 aromatic rings. The van der Waals surface area contributed by atoms with Crippen LogP contribution in [0.2, 0.25) is 0 Å². The lowest BCUT2D eigenvalue weighted by molar-refractivity contribution is 0.374. The van der Waals surface area contributed by atoms with Crippen LogP contribution in [0.15, 0.2) is 18.5 Å². The predicted octanol–water partition coefficient (Wildman–Crippen LogP) is 0.650. The summed E-state index contributed by atoms with van der Waals surface area (Å²) in [4.78, 5) is 10.6. The Hall–Kier alpha value is -1.97. The number of phenolic OH excluding ortho intramolecular Hbond substituents is 1. The Morgan fingerprint density at radius 3 is 2.83 bits per heavy atom. The first-order valence-corrected chi connectivity index (χ1v) is 8.24. The van der Waals surface area contributed by atoms with Crippen molar-refractivity contribution in [3.05, 3.63) is 18.5 Å². The maximum absolute atomic E-state index is 11.1. The van der Waals surface area contributed by atoms with E-state index in [0.717, 1.165) is 5.39 Å². The van der Waals surface area contributed by atoms with Gasteiger partial charge in [-0.15, -0.1) is 0 Å². The Balaban J connectivity index is 1.97. The van der Waals surface area contributed by atoms with E-state index >= 15 is 0 Å². The van der Waals surface area contributed by atoms with Gasteiger partial charge in [0, 0.05) is 48.9 Å². The number of fused-ring (bicyclic) bond motifs is 1. The molecule has 1 unspecified atom stereocenters. The summed E-state index contributed by atoms with van der Waals surface area (Å²) in [5.74, 6) is 1.09. The largest absolute Gasteiger partial charge is 0.760 e. The third-order valence-corrected chi connectivity index (χ3v) is 4.67. The second-order valence-corrected chi connectivity index (χ2v) is 6.18. The number of ether oxygens (including phenoxy) is 1. The van der Waals surface area contributed by atoms with Crippen LogP contribution in [0.5, 0.6) is 11.5 Å². The quantitative estimate of drug-likeness (QED) is 0.820. The Labute approximate surface area is 136 Å². The molecule has 3 rings (SSSR count). The Morgan fingerprint density at radius 2 is 2.09 bits per heavy atom. The van der Waals surface area contributed by atoms with E-state index in [-0.39, 0.29) is 5.75 Å². The standard InChI is InChI=1S/C14H18N4O4S/c1-22-13-7-10-11(8-12(13)19)15-9-16-14(10)17-3-2-4-18(6-5-17)23(20)21/h7-9,19H,2-6H2,1H3,(H,20,21)/p-1. The third kappa shape index (κ3) is 3.21. The van der Waals surface area contributed by atoms with E-state index in [0.29, 0.717) is 49.7 Å². The minimum atomic E-state index is -2.20. The number of hydrogen-bond donors (Lipinski definition) is 1.